The van der Waals surface area contributed by atoms with Crippen molar-refractivity contribution >= 4 is 0 Å². The van der Waals surface area contributed by atoms with Gasteiger partial charge < -0.3 is 15.5 Å². The third-order valence-corrected chi connectivity index (χ3v) is 3.16. The third kappa shape index (κ3) is 3.68. The molecule has 1 aromatic carbocycles. The van der Waals surface area contributed by atoms with E-state index in [2.05, 4.69) is 5.32 Å². The molecule has 3 N–H and O–H groups in total. The van der Waals surface area contributed by atoms with E-state index in [-0.39, 0.29) is 5.75 Å². The number of nitrogens with one attached hydrogen (secondary N) is 1. The normalized spacial score (nSPS) is 11.8. The molecule has 1 aromatic rings. The average Bonchev–Trinajstić information content (AvgIpc) is 2.34. The number of hydrogen-bond donors (Lipinski definition) is 3. The summed E-state index contributed by atoms with van der Waals surface area (Å²) in [4.78, 5) is 0. The Balaban J connectivity index is 2.54. The SMILES string of the molecule is CCC(O)(CC)CNCc1cccc(F)c1O. The second kappa shape index (κ2) is 5.98. The van der Waals surface area contributed by atoms with Gasteiger partial charge in [-0.2, -0.15) is 0 Å². The van der Waals surface area contributed by atoms with E-state index in [1.54, 1.807) is 12.1 Å². The Morgan fingerprint density at radius 3 is 2.53 bits per heavy atom. The largest absolute Gasteiger partial charge is 0.505 e. The predicted molar refractivity (Wildman–Crippen MR) is 65.3 cm³/mol. The quantitative estimate of drug-likeness (QED) is 0.715. The van der Waals surface area contributed by atoms with Crippen LogP contribution in [-0.2, 0) is 6.54 Å². The first-order valence-corrected chi connectivity index (χ1v) is 5.92. The summed E-state index contributed by atoms with van der Waals surface area (Å²) in [6.45, 7) is 4.61. The van der Waals surface area contributed by atoms with E-state index in [0.717, 1.165) is 0 Å². The highest BCUT2D eigenvalue weighted by Gasteiger charge is 2.21. The maximum atomic E-state index is 13.0. The van der Waals surface area contributed by atoms with Gasteiger partial charge >= 0.3 is 0 Å². The number of halogens is 1. The molecule has 0 radical (unpaired) electrons. The third-order valence-electron chi connectivity index (χ3n) is 3.16. The van der Waals surface area contributed by atoms with Gasteiger partial charge in [-0.25, -0.2) is 4.39 Å². The molecular weight excluding hydrogens is 221 g/mol. The number of phenols is 1. The van der Waals surface area contributed by atoms with Gasteiger partial charge in [0.15, 0.2) is 11.6 Å². The van der Waals surface area contributed by atoms with E-state index in [1.807, 2.05) is 13.8 Å². The predicted octanol–water partition coefficient (Wildman–Crippen LogP) is 2.17. The molecular formula is C13H20FNO2. The van der Waals surface area contributed by atoms with Crippen molar-refractivity contribution in [3.8, 4) is 5.75 Å². The zero-order chi connectivity index (χ0) is 12.9. The summed E-state index contributed by atoms with van der Waals surface area (Å²) in [7, 11) is 0. The number of aromatic hydroxyl groups is 1. The summed E-state index contributed by atoms with van der Waals surface area (Å²) >= 11 is 0. The van der Waals surface area contributed by atoms with Crippen molar-refractivity contribution in [2.24, 2.45) is 0 Å². The summed E-state index contributed by atoms with van der Waals surface area (Å²) in [5.74, 6) is -0.943. The summed E-state index contributed by atoms with van der Waals surface area (Å²) in [6.07, 6.45) is 1.32. The molecule has 0 amide bonds. The van der Waals surface area contributed by atoms with Crippen LogP contribution in [0.5, 0.6) is 5.75 Å². The minimum Gasteiger partial charge on any atom is -0.505 e. The molecule has 3 nitrogen and oxygen atoms in total. The number of hydrogen-bond acceptors (Lipinski definition) is 3. The maximum absolute atomic E-state index is 13.0. The second-order valence-electron chi connectivity index (χ2n) is 4.28. The van der Waals surface area contributed by atoms with Gasteiger partial charge in [0.1, 0.15) is 0 Å². The molecule has 96 valence electrons. The van der Waals surface area contributed by atoms with E-state index in [4.69, 9.17) is 0 Å². The average molecular weight is 241 g/mol. The number of aliphatic hydroxyl groups is 1. The van der Waals surface area contributed by atoms with E-state index in [9.17, 15) is 14.6 Å². The first-order chi connectivity index (χ1) is 8.02. The molecule has 0 aromatic heterocycles. The summed E-state index contributed by atoms with van der Waals surface area (Å²) in [6, 6.07) is 4.42. The minimum absolute atomic E-state index is 0.323. The molecule has 0 aliphatic heterocycles. The fourth-order valence-electron chi connectivity index (χ4n) is 1.63. The van der Waals surface area contributed by atoms with Crippen LogP contribution in [0.25, 0.3) is 0 Å². The monoisotopic (exact) mass is 241 g/mol. The van der Waals surface area contributed by atoms with Crippen molar-refractivity contribution in [1.29, 1.82) is 0 Å². The van der Waals surface area contributed by atoms with Crippen molar-refractivity contribution in [1.82, 2.24) is 5.32 Å². The van der Waals surface area contributed by atoms with Crippen LogP contribution < -0.4 is 5.32 Å². The molecule has 0 atom stereocenters. The van der Waals surface area contributed by atoms with Crippen molar-refractivity contribution in [2.75, 3.05) is 6.54 Å². The van der Waals surface area contributed by atoms with Crippen LogP contribution in [-0.4, -0.2) is 22.4 Å². The summed E-state index contributed by atoms with van der Waals surface area (Å²) in [5, 5.41) is 22.5. The van der Waals surface area contributed by atoms with Gasteiger partial charge in [0.05, 0.1) is 5.60 Å². The Morgan fingerprint density at radius 2 is 1.94 bits per heavy atom. The molecule has 0 heterocycles. The molecule has 0 spiro atoms. The zero-order valence-corrected chi connectivity index (χ0v) is 10.3. The van der Waals surface area contributed by atoms with Crippen LogP contribution >= 0.6 is 0 Å². The Morgan fingerprint density at radius 1 is 1.29 bits per heavy atom. The van der Waals surface area contributed by atoms with Gasteiger partial charge in [0.25, 0.3) is 0 Å². The van der Waals surface area contributed by atoms with Crippen LogP contribution in [0.15, 0.2) is 18.2 Å². The number of para-hydroxylation sites is 1. The summed E-state index contributed by atoms with van der Waals surface area (Å²) < 4.78 is 13.0. The lowest BCUT2D eigenvalue weighted by atomic mass is 9.97. The molecule has 0 saturated heterocycles. The summed E-state index contributed by atoms with van der Waals surface area (Å²) in [5.41, 5.74) is -0.234. The first kappa shape index (κ1) is 13.9. The zero-order valence-electron chi connectivity index (χ0n) is 10.3. The lowest BCUT2D eigenvalue weighted by Crippen LogP contribution is -2.39. The highest BCUT2D eigenvalue weighted by molar-refractivity contribution is 5.33. The van der Waals surface area contributed by atoms with Crippen molar-refractivity contribution in [3.05, 3.63) is 29.6 Å². The molecule has 4 heteroatoms. The van der Waals surface area contributed by atoms with Gasteiger partial charge in [-0.3, -0.25) is 0 Å². The van der Waals surface area contributed by atoms with Crippen LogP contribution in [0.4, 0.5) is 4.39 Å². The highest BCUT2D eigenvalue weighted by atomic mass is 19.1. The van der Waals surface area contributed by atoms with E-state index in [0.29, 0.717) is 31.5 Å². The molecule has 0 aliphatic rings. The van der Waals surface area contributed by atoms with Crippen molar-refractivity contribution in [2.45, 2.75) is 38.8 Å². The standard InChI is InChI=1S/C13H20FNO2/c1-3-13(17,4-2)9-15-8-10-6-5-7-11(14)12(10)16/h5-7,15-17H,3-4,8-9H2,1-2H3. The van der Waals surface area contributed by atoms with Crippen LogP contribution in [0.3, 0.4) is 0 Å². The van der Waals surface area contributed by atoms with Gasteiger partial charge in [0.2, 0.25) is 0 Å². The number of phenolic OH excluding ortho intramolecular Hbond substituents is 1. The maximum Gasteiger partial charge on any atom is 0.165 e. The van der Waals surface area contributed by atoms with Gasteiger partial charge in [0, 0.05) is 18.7 Å². The topological polar surface area (TPSA) is 52.5 Å². The molecule has 1 rings (SSSR count). The Bertz CT molecular complexity index is 364. The fraction of sp³-hybridized carbons (Fsp3) is 0.538. The van der Waals surface area contributed by atoms with Gasteiger partial charge in [-0.05, 0) is 18.9 Å². The first-order valence-electron chi connectivity index (χ1n) is 5.92. The molecule has 0 unspecified atom stereocenters. The smallest absolute Gasteiger partial charge is 0.165 e. The van der Waals surface area contributed by atoms with E-state index < -0.39 is 11.4 Å². The van der Waals surface area contributed by atoms with Crippen LogP contribution in [0.1, 0.15) is 32.3 Å². The molecule has 0 bridgehead atoms. The van der Waals surface area contributed by atoms with E-state index >= 15 is 0 Å². The van der Waals surface area contributed by atoms with Crippen LogP contribution in [0.2, 0.25) is 0 Å². The Kier molecular flexibility index (Phi) is 4.90. The lowest BCUT2D eigenvalue weighted by molar-refractivity contribution is 0.0322. The lowest BCUT2D eigenvalue weighted by Gasteiger charge is -2.25. The molecule has 17 heavy (non-hydrogen) atoms. The molecule has 0 saturated carbocycles. The molecule has 0 fully saturated rings. The second-order valence-corrected chi connectivity index (χ2v) is 4.28. The minimum atomic E-state index is -0.733. The van der Waals surface area contributed by atoms with Gasteiger partial charge in [-0.1, -0.05) is 26.0 Å². The number of rotatable bonds is 6. The van der Waals surface area contributed by atoms with Gasteiger partial charge in [-0.15, -0.1) is 0 Å². The number of benzene rings is 1. The van der Waals surface area contributed by atoms with Crippen molar-refractivity contribution in [3.63, 3.8) is 0 Å². The fourth-order valence-corrected chi connectivity index (χ4v) is 1.63. The van der Waals surface area contributed by atoms with Crippen LogP contribution in [0, 0.1) is 5.82 Å². The van der Waals surface area contributed by atoms with Crippen molar-refractivity contribution < 1.29 is 14.6 Å². The molecule has 0 aliphatic carbocycles. The van der Waals surface area contributed by atoms with E-state index in [1.165, 1.54) is 6.07 Å². The Hall–Kier alpha value is -1.13. The highest BCUT2D eigenvalue weighted by Crippen LogP contribution is 2.20. The Labute approximate surface area is 101 Å².